The number of pyridine rings is 1. The predicted molar refractivity (Wildman–Crippen MR) is 98.2 cm³/mol. The summed E-state index contributed by atoms with van der Waals surface area (Å²) in [5.41, 5.74) is 3.03. The summed E-state index contributed by atoms with van der Waals surface area (Å²) in [6, 6.07) is 15.8. The van der Waals surface area contributed by atoms with Crippen LogP contribution in [0.25, 0.3) is 0 Å². The number of benzene rings is 1. The zero-order valence-corrected chi connectivity index (χ0v) is 14.1. The van der Waals surface area contributed by atoms with Crippen LogP contribution in [0.1, 0.15) is 55.8 Å². The van der Waals surface area contributed by atoms with Gasteiger partial charge in [0.2, 0.25) is 0 Å². The average Bonchev–Trinajstić information content (AvgIpc) is 2.67. The number of hydrogen-bond acceptors (Lipinski definition) is 3. The summed E-state index contributed by atoms with van der Waals surface area (Å²) in [7, 11) is 0. The van der Waals surface area contributed by atoms with Gasteiger partial charge in [-0.25, -0.2) is 0 Å². The predicted octanol–water partition coefficient (Wildman–Crippen LogP) is 4.57. The Balaban J connectivity index is 1.87. The number of aliphatic hydroxyl groups is 1. The van der Waals surface area contributed by atoms with E-state index < -0.39 is 0 Å². The molecule has 3 heteroatoms. The van der Waals surface area contributed by atoms with Crippen LogP contribution in [0.15, 0.2) is 59.7 Å². The third kappa shape index (κ3) is 4.51. The van der Waals surface area contributed by atoms with Gasteiger partial charge in [0.25, 0.3) is 0 Å². The van der Waals surface area contributed by atoms with Crippen LogP contribution in [0.3, 0.4) is 0 Å². The fourth-order valence-corrected chi connectivity index (χ4v) is 3.51. The maximum Gasteiger partial charge on any atom is 0.0983 e. The summed E-state index contributed by atoms with van der Waals surface area (Å²) in [6.45, 7) is 0.0189. The minimum Gasteiger partial charge on any atom is -0.394 e. The molecule has 126 valence electrons. The Labute approximate surface area is 144 Å². The Morgan fingerprint density at radius 3 is 2.46 bits per heavy atom. The summed E-state index contributed by atoms with van der Waals surface area (Å²) in [4.78, 5) is 9.45. The molecule has 0 spiro atoms. The molecular weight excluding hydrogens is 296 g/mol. The second-order valence-electron chi connectivity index (χ2n) is 6.61. The van der Waals surface area contributed by atoms with Gasteiger partial charge in [-0.1, -0.05) is 68.5 Å². The van der Waals surface area contributed by atoms with Gasteiger partial charge < -0.3 is 5.11 Å². The molecule has 1 aromatic heterocycles. The van der Waals surface area contributed by atoms with Gasteiger partial charge in [-0.15, -0.1) is 0 Å². The smallest absolute Gasteiger partial charge is 0.0983 e. The van der Waals surface area contributed by atoms with E-state index in [0.717, 1.165) is 23.4 Å². The van der Waals surface area contributed by atoms with Crippen molar-refractivity contribution in [1.29, 1.82) is 0 Å². The molecule has 0 radical (unpaired) electrons. The normalized spacial score (nSPS) is 17.6. The molecule has 1 N–H and O–H groups in total. The molecule has 24 heavy (non-hydrogen) atoms. The lowest BCUT2D eigenvalue weighted by molar-refractivity contribution is 0.268. The molecule has 1 fully saturated rings. The highest BCUT2D eigenvalue weighted by atomic mass is 16.3. The highest BCUT2D eigenvalue weighted by Crippen LogP contribution is 2.28. The lowest BCUT2D eigenvalue weighted by Gasteiger charge is -2.23. The van der Waals surface area contributed by atoms with Crippen LogP contribution in [0.5, 0.6) is 0 Å². The van der Waals surface area contributed by atoms with Gasteiger partial charge in [0, 0.05) is 6.20 Å². The molecule has 0 saturated heterocycles. The molecule has 1 aromatic carbocycles. The molecular formula is C21H26N2O. The molecule has 3 nitrogen and oxygen atoms in total. The summed E-state index contributed by atoms with van der Waals surface area (Å²) in [6.07, 6.45) is 9.34. The Hall–Kier alpha value is -2.00. The van der Waals surface area contributed by atoms with Gasteiger partial charge in [0.15, 0.2) is 0 Å². The van der Waals surface area contributed by atoms with Crippen LogP contribution in [0, 0.1) is 5.92 Å². The third-order valence-electron chi connectivity index (χ3n) is 4.84. The summed E-state index contributed by atoms with van der Waals surface area (Å²) < 4.78 is 0. The van der Waals surface area contributed by atoms with E-state index >= 15 is 0 Å². The zero-order valence-electron chi connectivity index (χ0n) is 14.1. The number of rotatable bonds is 6. The Morgan fingerprint density at radius 1 is 1.04 bits per heavy atom. The fraction of sp³-hybridized carbons (Fsp3) is 0.429. The lowest BCUT2D eigenvalue weighted by Crippen LogP contribution is -2.16. The number of aromatic nitrogens is 1. The number of hydrogen-bond donors (Lipinski definition) is 1. The maximum absolute atomic E-state index is 9.85. The topological polar surface area (TPSA) is 45.5 Å². The van der Waals surface area contributed by atoms with E-state index in [2.05, 4.69) is 4.98 Å². The zero-order chi connectivity index (χ0) is 16.6. The monoisotopic (exact) mass is 322 g/mol. The van der Waals surface area contributed by atoms with Crippen LogP contribution >= 0.6 is 0 Å². The van der Waals surface area contributed by atoms with Crippen LogP contribution in [0.4, 0.5) is 0 Å². The van der Waals surface area contributed by atoms with E-state index in [1.807, 2.05) is 54.7 Å². The molecule has 0 amide bonds. The van der Waals surface area contributed by atoms with Gasteiger partial charge in [-0.3, -0.25) is 9.98 Å². The number of nitrogens with zero attached hydrogens (tertiary/aromatic N) is 2. The van der Waals surface area contributed by atoms with Crippen molar-refractivity contribution in [3.8, 4) is 0 Å². The second kappa shape index (κ2) is 8.74. The first-order valence-corrected chi connectivity index (χ1v) is 9.00. The summed E-state index contributed by atoms with van der Waals surface area (Å²) >= 11 is 0. The average molecular weight is 322 g/mol. The third-order valence-corrected chi connectivity index (χ3v) is 4.84. The van der Waals surface area contributed by atoms with Crippen molar-refractivity contribution in [3.05, 3.63) is 66.0 Å². The number of aliphatic hydroxyl groups excluding tert-OH is 1. The minimum atomic E-state index is -0.216. The van der Waals surface area contributed by atoms with E-state index in [0.29, 0.717) is 5.92 Å². The van der Waals surface area contributed by atoms with Crippen LogP contribution in [-0.2, 0) is 0 Å². The molecule has 3 rings (SSSR count). The van der Waals surface area contributed by atoms with E-state index in [4.69, 9.17) is 4.99 Å². The maximum atomic E-state index is 9.85. The van der Waals surface area contributed by atoms with Crippen molar-refractivity contribution in [2.75, 3.05) is 6.61 Å². The van der Waals surface area contributed by atoms with Gasteiger partial charge >= 0.3 is 0 Å². The molecule has 1 atom stereocenters. The van der Waals surface area contributed by atoms with Crippen LogP contribution in [-0.4, -0.2) is 22.4 Å². The molecule has 1 heterocycles. The van der Waals surface area contributed by atoms with Crippen LogP contribution < -0.4 is 0 Å². The van der Waals surface area contributed by atoms with Crippen LogP contribution in [0.2, 0.25) is 0 Å². The summed E-state index contributed by atoms with van der Waals surface area (Å²) in [5.74, 6) is 0.689. The van der Waals surface area contributed by atoms with E-state index in [-0.39, 0.29) is 12.6 Å². The highest BCUT2D eigenvalue weighted by Gasteiger charge is 2.19. The first-order chi connectivity index (χ1) is 11.9. The van der Waals surface area contributed by atoms with Crippen molar-refractivity contribution in [1.82, 2.24) is 4.98 Å². The number of aliphatic imine (C=N–C) groups is 1. The quantitative estimate of drug-likeness (QED) is 0.792. The van der Waals surface area contributed by atoms with Crippen molar-refractivity contribution in [3.63, 3.8) is 0 Å². The van der Waals surface area contributed by atoms with Crippen molar-refractivity contribution in [2.45, 2.75) is 44.6 Å². The van der Waals surface area contributed by atoms with Gasteiger partial charge in [0.05, 0.1) is 24.1 Å². The van der Waals surface area contributed by atoms with Crippen molar-refractivity contribution < 1.29 is 5.11 Å². The molecule has 0 unspecified atom stereocenters. The van der Waals surface area contributed by atoms with Gasteiger partial charge in [0.1, 0.15) is 0 Å². The molecule has 1 saturated carbocycles. The standard InChI is InChI=1S/C21H26N2O/c24-16-21(18-11-5-2-6-12-18)23-20(19-13-7-8-14-22-19)15-17-9-3-1-4-10-17/h2,5-8,11-14,17,21,24H,1,3-4,9-10,15-16H2/t21-/m0/s1. The van der Waals surface area contributed by atoms with Crippen molar-refractivity contribution >= 4 is 5.71 Å². The SMILES string of the molecule is OC[C@H](N=C(CC1CCCCC1)c1ccccn1)c1ccccc1. The van der Waals surface area contributed by atoms with Gasteiger partial charge in [-0.05, 0) is 30.0 Å². The first-order valence-electron chi connectivity index (χ1n) is 9.00. The van der Waals surface area contributed by atoms with E-state index in [9.17, 15) is 5.11 Å². The molecule has 2 aromatic rings. The summed E-state index contributed by atoms with van der Waals surface area (Å²) in [5, 5.41) is 9.85. The first kappa shape index (κ1) is 16.8. The Morgan fingerprint density at radius 2 is 1.79 bits per heavy atom. The second-order valence-corrected chi connectivity index (χ2v) is 6.61. The van der Waals surface area contributed by atoms with Crippen molar-refractivity contribution in [2.24, 2.45) is 10.9 Å². The highest BCUT2D eigenvalue weighted by molar-refractivity contribution is 5.99. The van der Waals surface area contributed by atoms with Gasteiger partial charge in [-0.2, -0.15) is 0 Å². The van der Waals surface area contributed by atoms with E-state index in [1.54, 1.807) is 0 Å². The minimum absolute atomic E-state index is 0.0189. The molecule has 0 aliphatic heterocycles. The fourth-order valence-electron chi connectivity index (χ4n) is 3.51. The molecule has 0 bridgehead atoms. The Bertz CT molecular complexity index is 633. The largest absolute Gasteiger partial charge is 0.394 e. The molecule has 1 aliphatic rings. The lowest BCUT2D eigenvalue weighted by atomic mass is 9.85. The van der Waals surface area contributed by atoms with E-state index in [1.165, 1.54) is 32.1 Å². The Kier molecular flexibility index (Phi) is 6.13. The molecule has 1 aliphatic carbocycles.